The molecule has 7 heteroatoms. The predicted molar refractivity (Wildman–Crippen MR) is 81.8 cm³/mol. The normalized spacial score (nSPS) is 11.5. The largest absolute Gasteiger partial charge is 0.465 e. The second kappa shape index (κ2) is 7.42. The Bertz CT molecular complexity index is 567. The van der Waals surface area contributed by atoms with Crippen LogP contribution in [0.25, 0.3) is 0 Å². The van der Waals surface area contributed by atoms with Crippen LogP contribution in [0.15, 0.2) is 29.2 Å². The topological polar surface area (TPSA) is 75.7 Å². The first kappa shape index (κ1) is 17.5. The zero-order valence-corrected chi connectivity index (χ0v) is 13.6. The van der Waals surface area contributed by atoms with Crippen LogP contribution in [-0.2, 0) is 19.6 Å². The van der Waals surface area contributed by atoms with Gasteiger partial charge in [-0.05, 0) is 45.0 Å². The number of carbonyl (C=O) groups is 1. The molecule has 118 valence electrons. The van der Waals surface area contributed by atoms with Gasteiger partial charge in [0.25, 0.3) is 0 Å². The van der Waals surface area contributed by atoms with Gasteiger partial charge in [0, 0.05) is 18.8 Å². The number of rotatable bonds is 7. The monoisotopic (exact) mass is 314 g/mol. The van der Waals surface area contributed by atoms with Crippen molar-refractivity contribution in [1.82, 2.24) is 4.72 Å². The summed E-state index contributed by atoms with van der Waals surface area (Å²) in [6, 6.07) is 6.19. The molecule has 0 amide bonds. The standard InChI is InChI=1S/C14H22N2O4S/c1-5-20-14(17)10-16(4)12-6-8-13(9-7-12)21(18,19)15-11(2)3/h6-9,11,15H,5,10H2,1-4H3. The zero-order chi connectivity index (χ0) is 16.0. The quantitative estimate of drug-likeness (QED) is 0.769. The summed E-state index contributed by atoms with van der Waals surface area (Å²) in [5.41, 5.74) is 0.742. The highest BCUT2D eigenvalue weighted by Crippen LogP contribution is 2.17. The van der Waals surface area contributed by atoms with Crippen molar-refractivity contribution in [3.05, 3.63) is 24.3 Å². The Labute approximate surface area is 126 Å². The molecule has 0 saturated heterocycles. The summed E-state index contributed by atoms with van der Waals surface area (Å²) in [6.45, 7) is 5.73. The Morgan fingerprint density at radius 3 is 2.33 bits per heavy atom. The highest BCUT2D eigenvalue weighted by Gasteiger charge is 2.15. The summed E-state index contributed by atoms with van der Waals surface area (Å²) in [4.78, 5) is 13.3. The third-order valence-electron chi connectivity index (χ3n) is 2.65. The molecule has 0 heterocycles. The molecule has 0 radical (unpaired) electrons. The van der Waals surface area contributed by atoms with Gasteiger partial charge in [-0.15, -0.1) is 0 Å². The van der Waals surface area contributed by atoms with E-state index >= 15 is 0 Å². The van der Waals surface area contributed by atoms with Gasteiger partial charge in [-0.25, -0.2) is 13.1 Å². The minimum atomic E-state index is -3.49. The Morgan fingerprint density at radius 2 is 1.86 bits per heavy atom. The van der Waals surface area contributed by atoms with E-state index in [4.69, 9.17) is 4.74 Å². The van der Waals surface area contributed by atoms with Gasteiger partial charge in [0.2, 0.25) is 10.0 Å². The first-order chi connectivity index (χ1) is 9.76. The molecule has 0 aliphatic carbocycles. The number of benzene rings is 1. The maximum atomic E-state index is 12.0. The molecule has 0 bridgehead atoms. The molecule has 21 heavy (non-hydrogen) atoms. The first-order valence-electron chi connectivity index (χ1n) is 6.75. The van der Waals surface area contributed by atoms with Crippen molar-refractivity contribution in [2.75, 3.05) is 25.1 Å². The molecule has 0 spiro atoms. The van der Waals surface area contributed by atoms with Crippen molar-refractivity contribution >= 4 is 21.7 Å². The summed E-state index contributed by atoms with van der Waals surface area (Å²) >= 11 is 0. The van der Waals surface area contributed by atoms with Crippen LogP contribution in [0.5, 0.6) is 0 Å². The fourth-order valence-electron chi connectivity index (χ4n) is 1.75. The van der Waals surface area contributed by atoms with Gasteiger partial charge in [-0.2, -0.15) is 0 Å². The lowest BCUT2D eigenvalue weighted by Crippen LogP contribution is -2.30. The van der Waals surface area contributed by atoms with Gasteiger partial charge in [0.1, 0.15) is 6.54 Å². The summed E-state index contributed by atoms with van der Waals surface area (Å²) in [5.74, 6) is -0.321. The van der Waals surface area contributed by atoms with E-state index in [1.54, 1.807) is 44.9 Å². The third-order valence-corrected chi connectivity index (χ3v) is 4.32. The second-order valence-corrected chi connectivity index (χ2v) is 6.64. The number of hydrogen-bond acceptors (Lipinski definition) is 5. The minimum Gasteiger partial charge on any atom is -0.465 e. The lowest BCUT2D eigenvalue weighted by molar-refractivity contribution is -0.141. The molecule has 0 aliphatic heterocycles. The highest BCUT2D eigenvalue weighted by molar-refractivity contribution is 7.89. The van der Waals surface area contributed by atoms with Gasteiger partial charge in [-0.1, -0.05) is 0 Å². The molecular weight excluding hydrogens is 292 g/mol. The fourth-order valence-corrected chi connectivity index (χ4v) is 3.00. The average Bonchev–Trinajstić information content (AvgIpc) is 2.37. The summed E-state index contributed by atoms with van der Waals surface area (Å²) in [5, 5.41) is 0. The van der Waals surface area contributed by atoms with Crippen molar-refractivity contribution in [2.45, 2.75) is 31.7 Å². The van der Waals surface area contributed by atoms with E-state index in [2.05, 4.69) is 4.72 Å². The lowest BCUT2D eigenvalue weighted by Gasteiger charge is -2.18. The molecule has 6 nitrogen and oxygen atoms in total. The fraction of sp³-hybridized carbons (Fsp3) is 0.500. The van der Waals surface area contributed by atoms with Crippen LogP contribution in [-0.4, -0.2) is 40.6 Å². The van der Waals surface area contributed by atoms with Gasteiger partial charge in [-0.3, -0.25) is 4.79 Å². The number of nitrogens with one attached hydrogen (secondary N) is 1. The van der Waals surface area contributed by atoms with E-state index in [1.807, 2.05) is 0 Å². The smallest absolute Gasteiger partial charge is 0.325 e. The van der Waals surface area contributed by atoms with Crippen LogP contribution < -0.4 is 9.62 Å². The van der Waals surface area contributed by atoms with Crippen LogP contribution in [0.2, 0.25) is 0 Å². The van der Waals surface area contributed by atoms with Crippen molar-refractivity contribution in [3.63, 3.8) is 0 Å². The molecule has 1 aromatic carbocycles. The molecule has 1 rings (SSSR count). The second-order valence-electron chi connectivity index (χ2n) is 4.93. The van der Waals surface area contributed by atoms with E-state index in [-0.39, 0.29) is 23.5 Å². The van der Waals surface area contributed by atoms with E-state index in [0.717, 1.165) is 5.69 Å². The third kappa shape index (κ3) is 5.35. The summed E-state index contributed by atoms with van der Waals surface area (Å²) < 4.78 is 31.4. The zero-order valence-electron chi connectivity index (χ0n) is 12.8. The van der Waals surface area contributed by atoms with E-state index in [0.29, 0.717) is 6.61 Å². The molecule has 0 atom stereocenters. The Kier molecular flexibility index (Phi) is 6.17. The number of ether oxygens (including phenoxy) is 1. The molecule has 0 aromatic heterocycles. The number of likely N-dealkylation sites (N-methyl/N-ethyl adjacent to an activating group) is 1. The van der Waals surface area contributed by atoms with Gasteiger partial charge < -0.3 is 9.64 Å². The van der Waals surface area contributed by atoms with Crippen molar-refractivity contribution < 1.29 is 17.9 Å². The van der Waals surface area contributed by atoms with Crippen LogP contribution in [0, 0.1) is 0 Å². The minimum absolute atomic E-state index is 0.115. The van der Waals surface area contributed by atoms with Gasteiger partial charge >= 0.3 is 5.97 Å². The van der Waals surface area contributed by atoms with E-state index < -0.39 is 10.0 Å². The van der Waals surface area contributed by atoms with Gasteiger partial charge in [0.15, 0.2) is 0 Å². The molecule has 0 aliphatic rings. The molecule has 1 aromatic rings. The number of esters is 1. The van der Waals surface area contributed by atoms with Gasteiger partial charge in [0.05, 0.1) is 11.5 Å². The molecule has 0 fully saturated rings. The Hall–Kier alpha value is -1.60. The van der Waals surface area contributed by atoms with Crippen LogP contribution >= 0.6 is 0 Å². The van der Waals surface area contributed by atoms with Crippen LogP contribution in [0.3, 0.4) is 0 Å². The van der Waals surface area contributed by atoms with E-state index in [9.17, 15) is 13.2 Å². The van der Waals surface area contributed by atoms with Crippen LogP contribution in [0.4, 0.5) is 5.69 Å². The predicted octanol–water partition coefficient (Wildman–Crippen LogP) is 1.37. The van der Waals surface area contributed by atoms with Crippen molar-refractivity contribution in [1.29, 1.82) is 0 Å². The number of anilines is 1. The Balaban J connectivity index is 2.80. The summed E-state index contributed by atoms with van der Waals surface area (Å²) in [6.07, 6.45) is 0. The molecule has 0 saturated carbocycles. The van der Waals surface area contributed by atoms with Crippen molar-refractivity contribution in [2.24, 2.45) is 0 Å². The SMILES string of the molecule is CCOC(=O)CN(C)c1ccc(S(=O)(=O)NC(C)C)cc1. The highest BCUT2D eigenvalue weighted by atomic mass is 32.2. The maximum absolute atomic E-state index is 12.0. The number of hydrogen-bond donors (Lipinski definition) is 1. The van der Waals surface area contributed by atoms with E-state index in [1.165, 1.54) is 12.1 Å². The maximum Gasteiger partial charge on any atom is 0.325 e. The van der Waals surface area contributed by atoms with Crippen molar-refractivity contribution in [3.8, 4) is 0 Å². The Morgan fingerprint density at radius 1 is 1.29 bits per heavy atom. The molecule has 1 N–H and O–H groups in total. The number of carbonyl (C=O) groups excluding carboxylic acids is 1. The number of nitrogens with zero attached hydrogens (tertiary/aromatic N) is 1. The lowest BCUT2D eigenvalue weighted by atomic mass is 10.3. The summed E-state index contributed by atoms with van der Waals surface area (Å²) in [7, 11) is -1.75. The molecule has 0 unspecified atom stereocenters. The average molecular weight is 314 g/mol. The van der Waals surface area contributed by atoms with Crippen LogP contribution in [0.1, 0.15) is 20.8 Å². The first-order valence-corrected chi connectivity index (χ1v) is 8.23. The molecular formula is C14H22N2O4S. The number of sulfonamides is 1.